The fraction of sp³-hybridized carbons (Fsp3) is 0.536. The molecule has 5 nitrogen and oxygen atoms in total. The minimum absolute atomic E-state index is 0.0554. The lowest BCUT2D eigenvalue weighted by molar-refractivity contribution is -0.138. The molecule has 3 saturated heterocycles. The molecule has 0 bridgehead atoms. The first-order valence-corrected chi connectivity index (χ1v) is 12.6. The molecule has 0 radical (unpaired) electrons. The molecule has 2 aromatic carbocycles. The summed E-state index contributed by atoms with van der Waals surface area (Å²) in [5, 5.41) is 0. The third-order valence-corrected chi connectivity index (χ3v) is 7.59. The maximum absolute atomic E-state index is 13.7. The van der Waals surface area contributed by atoms with Crippen LogP contribution in [0.2, 0.25) is 0 Å². The Labute approximate surface area is 197 Å². The van der Waals surface area contributed by atoms with E-state index in [2.05, 4.69) is 40.1 Å². The van der Waals surface area contributed by atoms with Gasteiger partial charge in [0.05, 0.1) is 6.04 Å². The van der Waals surface area contributed by atoms with Gasteiger partial charge in [-0.05, 0) is 55.7 Å². The molecule has 0 unspecified atom stereocenters. The van der Waals surface area contributed by atoms with Crippen LogP contribution in [0.3, 0.4) is 0 Å². The van der Waals surface area contributed by atoms with E-state index in [1.165, 1.54) is 5.56 Å². The van der Waals surface area contributed by atoms with Gasteiger partial charge in [0.1, 0.15) is 11.9 Å². The highest BCUT2D eigenvalue weighted by atomic mass is 16.5. The summed E-state index contributed by atoms with van der Waals surface area (Å²) in [6.45, 7) is 4.14. The quantitative estimate of drug-likeness (QED) is 0.665. The predicted molar refractivity (Wildman–Crippen MR) is 129 cm³/mol. The molecule has 3 aliphatic heterocycles. The van der Waals surface area contributed by atoms with Crippen LogP contribution in [-0.4, -0.2) is 66.7 Å². The second-order valence-corrected chi connectivity index (χ2v) is 9.80. The molecule has 33 heavy (non-hydrogen) atoms. The Bertz CT molecular complexity index is 877. The van der Waals surface area contributed by atoms with Gasteiger partial charge in [0.2, 0.25) is 5.91 Å². The Kier molecular flexibility index (Phi) is 7.27. The Hall–Kier alpha value is -2.37. The molecule has 3 aliphatic rings. The average molecular weight is 449 g/mol. The molecule has 0 spiro atoms. The highest BCUT2D eigenvalue weighted by molar-refractivity contribution is 5.82. The van der Waals surface area contributed by atoms with Gasteiger partial charge < -0.3 is 14.4 Å². The van der Waals surface area contributed by atoms with Crippen molar-refractivity contribution in [2.24, 2.45) is 5.92 Å². The number of carbonyl (C=O) groups is 1. The van der Waals surface area contributed by atoms with E-state index in [0.29, 0.717) is 17.9 Å². The van der Waals surface area contributed by atoms with Gasteiger partial charge in [-0.2, -0.15) is 0 Å². The number of piperidine rings is 1. The Morgan fingerprint density at radius 1 is 0.909 bits per heavy atom. The van der Waals surface area contributed by atoms with Crippen LogP contribution < -0.4 is 4.74 Å². The molecule has 0 saturated carbocycles. The molecule has 5 heteroatoms. The van der Waals surface area contributed by atoms with Crippen LogP contribution in [0.4, 0.5) is 0 Å². The summed E-state index contributed by atoms with van der Waals surface area (Å²) in [6.07, 6.45) is 6.13. The van der Waals surface area contributed by atoms with Crippen molar-refractivity contribution in [2.75, 3.05) is 32.8 Å². The maximum Gasteiger partial charge on any atom is 0.240 e. The fourth-order valence-corrected chi connectivity index (χ4v) is 5.78. The Balaban J connectivity index is 1.22. The van der Waals surface area contributed by atoms with Gasteiger partial charge in [-0.1, -0.05) is 48.5 Å². The number of likely N-dealkylation sites (tertiary alicyclic amines) is 2. The first-order chi connectivity index (χ1) is 16.3. The van der Waals surface area contributed by atoms with Gasteiger partial charge in [-0.3, -0.25) is 9.69 Å². The maximum atomic E-state index is 13.7. The molecule has 3 heterocycles. The first kappa shape index (κ1) is 22.4. The summed E-state index contributed by atoms with van der Waals surface area (Å²) in [5.41, 5.74) is 1.41. The number of para-hydroxylation sites is 1. The number of rotatable bonds is 6. The number of amides is 1. The van der Waals surface area contributed by atoms with E-state index in [0.717, 1.165) is 77.1 Å². The summed E-state index contributed by atoms with van der Waals surface area (Å²) in [4.78, 5) is 18.3. The van der Waals surface area contributed by atoms with E-state index < -0.39 is 0 Å². The predicted octanol–water partition coefficient (Wildman–Crippen LogP) is 4.17. The molecule has 2 aromatic rings. The van der Waals surface area contributed by atoms with Gasteiger partial charge in [-0.25, -0.2) is 0 Å². The molecule has 3 fully saturated rings. The zero-order valence-electron chi connectivity index (χ0n) is 19.5. The summed E-state index contributed by atoms with van der Waals surface area (Å²) in [7, 11) is 0. The third kappa shape index (κ3) is 5.59. The lowest BCUT2D eigenvalue weighted by Crippen LogP contribution is -2.52. The zero-order valence-corrected chi connectivity index (χ0v) is 19.5. The van der Waals surface area contributed by atoms with Crippen LogP contribution in [0.25, 0.3) is 0 Å². The molecule has 5 rings (SSSR count). The molecule has 0 aliphatic carbocycles. The monoisotopic (exact) mass is 448 g/mol. The van der Waals surface area contributed by atoms with Gasteiger partial charge in [-0.15, -0.1) is 0 Å². The molecule has 176 valence electrons. The average Bonchev–Trinajstić information content (AvgIpc) is 3.29. The molecule has 0 N–H and O–H groups in total. The van der Waals surface area contributed by atoms with E-state index >= 15 is 0 Å². The van der Waals surface area contributed by atoms with Crippen molar-refractivity contribution < 1.29 is 14.3 Å². The van der Waals surface area contributed by atoms with Crippen molar-refractivity contribution in [1.29, 1.82) is 0 Å². The number of carbonyl (C=O) groups excluding carboxylic acids is 1. The SMILES string of the molecule is O=C([C@@H]1C[C@H](Oc2ccccc2)CN1C1CCOCC1)N1CCC(Cc2ccccc2)CC1. The van der Waals surface area contributed by atoms with Crippen LogP contribution in [-0.2, 0) is 16.0 Å². The third-order valence-electron chi connectivity index (χ3n) is 7.59. The summed E-state index contributed by atoms with van der Waals surface area (Å²) >= 11 is 0. The van der Waals surface area contributed by atoms with E-state index in [9.17, 15) is 4.79 Å². The molecular formula is C28H36N2O3. The van der Waals surface area contributed by atoms with Crippen molar-refractivity contribution in [3.63, 3.8) is 0 Å². The second-order valence-electron chi connectivity index (χ2n) is 9.80. The van der Waals surface area contributed by atoms with E-state index in [1.54, 1.807) is 0 Å². The standard InChI is InChI=1S/C28H36N2O3/c31-28(29-15-11-23(12-16-29)19-22-7-3-1-4-8-22)27-20-26(33-25-9-5-2-6-10-25)21-30(27)24-13-17-32-18-14-24/h1-10,23-24,26-27H,11-21H2/t26-,27-/m0/s1. The van der Waals surface area contributed by atoms with Crippen molar-refractivity contribution in [3.8, 4) is 5.75 Å². The van der Waals surface area contributed by atoms with Gasteiger partial charge in [0.15, 0.2) is 0 Å². The zero-order chi connectivity index (χ0) is 22.5. The van der Waals surface area contributed by atoms with E-state index in [-0.39, 0.29) is 12.1 Å². The second kappa shape index (κ2) is 10.7. The number of benzene rings is 2. The van der Waals surface area contributed by atoms with Crippen molar-refractivity contribution in [3.05, 3.63) is 66.2 Å². The van der Waals surface area contributed by atoms with Gasteiger partial charge >= 0.3 is 0 Å². The van der Waals surface area contributed by atoms with E-state index in [1.807, 2.05) is 30.3 Å². The number of hydrogen-bond acceptors (Lipinski definition) is 4. The Morgan fingerprint density at radius 3 is 2.27 bits per heavy atom. The number of hydrogen-bond donors (Lipinski definition) is 0. The van der Waals surface area contributed by atoms with Crippen LogP contribution in [0.15, 0.2) is 60.7 Å². The lowest BCUT2D eigenvalue weighted by Gasteiger charge is -2.38. The van der Waals surface area contributed by atoms with Crippen LogP contribution in [0.5, 0.6) is 5.75 Å². The smallest absolute Gasteiger partial charge is 0.240 e. The van der Waals surface area contributed by atoms with Gasteiger partial charge in [0.25, 0.3) is 0 Å². The van der Waals surface area contributed by atoms with Crippen molar-refractivity contribution >= 4 is 5.91 Å². The summed E-state index contributed by atoms with van der Waals surface area (Å²) < 4.78 is 11.9. The first-order valence-electron chi connectivity index (χ1n) is 12.6. The van der Waals surface area contributed by atoms with Crippen molar-refractivity contribution in [1.82, 2.24) is 9.80 Å². The molecular weight excluding hydrogens is 412 g/mol. The van der Waals surface area contributed by atoms with E-state index in [4.69, 9.17) is 9.47 Å². The number of ether oxygens (including phenoxy) is 2. The van der Waals surface area contributed by atoms with Crippen LogP contribution in [0.1, 0.15) is 37.7 Å². The van der Waals surface area contributed by atoms with Crippen LogP contribution >= 0.6 is 0 Å². The molecule has 1 amide bonds. The summed E-state index contributed by atoms with van der Waals surface area (Å²) in [6, 6.07) is 21.1. The molecule has 0 aromatic heterocycles. The van der Waals surface area contributed by atoms with Crippen LogP contribution in [0, 0.1) is 5.92 Å². The fourth-order valence-electron chi connectivity index (χ4n) is 5.78. The van der Waals surface area contributed by atoms with Crippen molar-refractivity contribution in [2.45, 2.75) is 56.7 Å². The highest BCUT2D eigenvalue weighted by Crippen LogP contribution is 2.31. The Morgan fingerprint density at radius 2 is 1.58 bits per heavy atom. The topological polar surface area (TPSA) is 42.0 Å². The largest absolute Gasteiger partial charge is 0.489 e. The van der Waals surface area contributed by atoms with Gasteiger partial charge in [0, 0.05) is 45.3 Å². The highest BCUT2D eigenvalue weighted by Gasteiger charge is 2.43. The minimum atomic E-state index is -0.0764. The minimum Gasteiger partial charge on any atom is -0.489 e. The summed E-state index contributed by atoms with van der Waals surface area (Å²) in [5.74, 6) is 1.86. The molecule has 2 atom stereocenters. The normalized spacial score (nSPS) is 25.3. The lowest BCUT2D eigenvalue weighted by atomic mass is 9.90. The number of nitrogens with zero attached hydrogens (tertiary/aromatic N) is 2.